The highest BCUT2D eigenvalue weighted by atomic mass is 16.5. The fourth-order valence-electron chi connectivity index (χ4n) is 1.65. The van der Waals surface area contributed by atoms with Crippen molar-refractivity contribution in [2.45, 2.75) is 19.8 Å². The summed E-state index contributed by atoms with van der Waals surface area (Å²) in [6, 6.07) is 4.48. The van der Waals surface area contributed by atoms with Crippen LogP contribution in [0.4, 0.5) is 10.5 Å². The van der Waals surface area contributed by atoms with Crippen molar-refractivity contribution < 1.29 is 24.2 Å². The topological polar surface area (TPSA) is 105 Å². The molecular formula is C14H18N2O5. The number of carbonyl (C=O) groups excluding carboxylic acids is 2. The van der Waals surface area contributed by atoms with Gasteiger partial charge in [0.25, 0.3) is 0 Å². The van der Waals surface area contributed by atoms with Crippen molar-refractivity contribution in [3.8, 4) is 0 Å². The Kier molecular flexibility index (Phi) is 6.19. The summed E-state index contributed by atoms with van der Waals surface area (Å²) in [5.41, 5.74) is 1.46. The van der Waals surface area contributed by atoms with E-state index >= 15 is 0 Å². The van der Waals surface area contributed by atoms with E-state index in [0.717, 1.165) is 5.56 Å². The zero-order valence-electron chi connectivity index (χ0n) is 11.9. The minimum Gasteiger partial charge on any atom is -0.481 e. The smallest absolute Gasteiger partial charge is 0.339 e. The van der Waals surface area contributed by atoms with Gasteiger partial charge >= 0.3 is 18.0 Å². The number of anilines is 1. The third-order valence-corrected chi connectivity index (χ3v) is 2.68. The highest BCUT2D eigenvalue weighted by Gasteiger charge is 2.14. The zero-order chi connectivity index (χ0) is 15.8. The third kappa shape index (κ3) is 5.52. The molecule has 0 saturated heterocycles. The van der Waals surface area contributed by atoms with Crippen molar-refractivity contribution in [3.05, 3.63) is 29.3 Å². The van der Waals surface area contributed by atoms with Crippen molar-refractivity contribution in [1.29, 1.82) is 0 Å². The Labute approximate surface area is 122 Å². The molecule has 0 aliphatic heterocycles. The molecule has 7 nitrogen and oxygen atoms in total. The predicted octanol–water partition coefficient (Wildman–Crippen LogP) is 1.77. The number of aryl methyl sites for hydroxylation is 1. The quantitative estimate of drug-likeness (QED) is 0.548. The van der Waals surface area contributed by atoms with Crippen LogP contribution >= 0.6 is 0 Å². The van der Waals surface area contributed by atoms with E-state index in [0.29, 0.717) is 12.1 Å². The Morgan fingerprint density at radius 3 is 2.62 bits per heavy atom. The number of hydrogen-bond donors (Lipinski definition) is 3. The molecule has 0 bridgehead atoms. The number of carboxylic acid groups (broad SMARTS) is 1. The lowest BCUT2D eigenvalue weighted by atomic mass is 10.1. The summed E-state index contributed by atoms with van der Waals surface area (Å²) < 4.78 is 4.66. The van der Waals surface area contributed by atoms with Crippen LogP contribution in [-0.4, -0.2) is 36.7 Å². The van der Waals surface area contributed by atoms with E-state index in [1.165, 1.54) is 7.11 Å². The second-order valence-electron chi connectivity index (χ2n) is 4.42. The van der Waals surface area contributed by atoms with Crippen molar-refractivity contribution in [2.75, 3.05) is 19.0 Å². The number of carbonyl (C=O) groups is 3. The Morgan fingerprint density at radius 1 is 1.29 bits per heavy atom. The molecule has 114 valence electrons. The largest absolute Gasteiger partial charge is 0.481 e. The van der Waals surface area contributed by atoms with E-state index in [2.05, 4.69) is 15.4 Å². The number of urea groups is 1. The van der Waals surface area contributed by atoms with Crippen LogP contribution in [0.5, 0.6) is 0 Å². The molecule has 0 fully saturated rings. The maximum Gasteiger partial charge on any atom is 0.339 e. The van der Waals surface area contributed by atoms with Crippen LogP contribution in [0.2, 0.25) is 0 Å². The first-order chi connectivity index (χ1) is 9.93. The van der Waals surface area contributed by atoms with Gasteiger partial charge in [0, 0.05) is 13.0 Å². The lowest BCUT2D eigenvalue weighted by Gasteiger charge is -2.11. The van der Waals surface area contributed by atoms with Crippen molar-refractivity contribution >= 4 is 23.7 Å². The second-order valence-corrected chi connectivity index (χ2v) is 4.42. The fraction of sp³-hybridized carbons (Fsp3) is 0.357. The summed E-state index contributed by atoms with van der Waals surface area (Å²) in [5.74, 6) is -1.46. The molecule has 1 aromatic rings. The van der Waals surface area contributed by atoms with Gasteiger partial charge < -0.3 is 20.5 Å². The number of amides is 2. The van der Waals surface area contributed by atoms with Gasteiger partial charge in [-0.3, -0.25) is 4.79 Å². The molecule has 0 spiro atoms. The van der Waals surface area contributed by atoms with Gasteiger partial charge in [-0.15, -0.1) is 0 Å². The first kappa shape index (κ1) is 16.5. The van der Waals surface area contributed by atoms with Crippen LogP contribution < -0.4 is 10.6 Å². The number of esters is 1. The number of ether oxygens (including phenoxy) is 1. The number of aliphatic carboxylic acids is 1. The molecule has 0 atom stereocenters. The molecule has 0 unspecified atom stereocenters. The minimum atomic E-state index is -0.913. The minimum absolute atomic E-state index is 0.0157. The number of nitrogens with one attached hydrogen (secondary N) is 2. The normalized spacial score (nSPS) is 9.81. The molecule has 0 radical (unpaired) electrons. The highest BCUT2D eigenvalue weighted by Crippen LogP contribution is 2.18. The molecule has 1 aromatic carbocycles. The summed E-state index contributed by atoms with van der Waals surface area (Å²) in [5, 5.41) is 13.5. The number of carboxylic acids is 1. The monoisotopic (exact) mass is 294 g/mol. The molecule has 3 N–H and O–H groups in total. The van der Waals surface area contributed by atoms with Gasteiger partial charge in [0.2, 0.25) is 0 Å². The molecule has 7 heteroatoms. The van der Waals surface area contributed by atoms with E-state index in [-0.39, 0.29) is 18.5 Å². The number of benzene rings is 1. The van der Waals surface area contributed by atoms with Crippen LogP contribution in [0.1, 0.15) is 28.8 Å². The first-order valence-electron chi connectivity index (χ1n) is 6.39. The van der Waals surface area contributed by atoms with Gasteiger partial charge in [0.15, 0.2) is 0 Å². The summed E-state index contributed by atoms with van der Waals surface area (Å²) in [4.78, 5) is 33.7. The predicted molar refractivity (Wildman–Crippen MR) is 76.4 cm³/mol. The zero-order valence-corrected chi connectivity index (χ0v) is 11.9. The van der Waals surface area contributed by atoms with Crippen LogP contribution in [0.3, 0.4) is 0 Å². The first-order valence-corrected chi connectivity index (χ1v) is 6.39. The van der Waals surface area contributed by atoms with Gasteiger partial charge in [-0.25, -0.2) is 9.59 Å². The average Bonchev–Trinajstić information content (AvgIpc) is 2.44. The Morgan fingerprint density at radius 2 is 2.00 bits per heavy atom. The molecule has 1 rings (SSSR count). The molecular weight excluding hydrogens is 276 g/mol. The van der Waals surface area contributed by atoms with Gasteiger partial charge in [0.05, 0.1) is 18.4 Å². The average molecular weight is 294 g/mol. The summed E-state index contributed by atoms with van der Waals surface area (Å²) in [6.07, 6.45) is 0.318. The van der Waals surface area contributed by atoms with Gasteiger partial charge in [-0.1, -0.05) is 11.6 Å². The maximum atomic E-state index is 11.7. The van der Waals surface area contributed by atoms with Gasteiger partial charge in [-0.05, 0) is 25.5 Å². The van der Waals surface area contributed by atoms with Crippen LogP contribution in [-0.2, 0) is 9.53 Å². The molecule has 0 heterocycles. The molecule has 0 aliphatic rings. The molecule has 21 heavy (non-hydrogen) atoms. The van der Waals surface area contributed by atoms with Crippen molar-refractivity contribution in [3.63, 3.8) is 0 Å². The van der Waals surface area contributed by atoms with E-state index in [4.69, 9.17) is 5.11 Å². The Balaban J connectivity index is 2.63. The molecule has 0 aliphatic carbocycles. The van der Waals surface area contributed by atoms with E-state index in [1.54, 1.807) is 18.2 Å². The van der Waals surface area contributed by atoms with Gasteiger partial charge in [0.1, 0.15) is 0 Å². The number of rotatable bonds is 6. The Bertz CT molecular complexity index is 542. The van der Waals surface area contributed by atoms with Crippen LogP contribution in [0.15, 0.2) is 18.2 Å². The van der Waals surface area contributed by atoms with Crippen LogP contribution in [0.25, 0.3) is 0 Å². The lowest BCUT2D eigenvalue weighted by Crippen LogP contribution is -2.30. The van der Waals surface area contributed by atoms with Crippen LogP contribution in [0, 0.1) is 6.92 Å². The van der Waals surface area contributed by atoms with Crippen molar-refractivity contribution in [2.24, 2.45) is 0 Å². The van der Waals surface area contributed by atoms with E-state index in [1.807, 2.05) is 6.92 Å². The van der Waals surface area contributed by atoms with E-state index < -0.39 is 18.0 Å². The Hall–Kier alpha value is -2.57. The number of hydrogen-bond acceptors (Lipinski definition) is 4. The number of methoxy groups -OCH3 is 1. The van der Waals surface area contributed by atoms with Crippen molar-refractivity contribution in [1.82, 2.24) is 5.32 Å². The summed E-state index contributed by atoms with van der Waals surface area (Å²) in [7, 11) is 1.26. The fourth-order valence-corrected chi connectivity index (χ4v) is 1.65. The molecule has 2 amide bonds. The molecule has 0 saturated carbocycles. The second kappa shape index (κ2) is 7.88. The highest BCUT2D eigenvalue weighted by molar-refractivity contribution is 6.00. The van der Waals surface area contributed by atoms with E-state index in [9.17, 15) is 14.4 Å². The maximum absolute atomic E-state index is 11.7. The SMILES string of the molecule is COC(=O)c1cc(C)ccc1NC(=O)NCCCC(=O)O. The standard InChI is InChI=1S/C14H18N2O5/c1-9-5-6-11(10(8-9)13(19)21-2)16-14(20)15-7-3-4-12(17)18/h5-6,8H,3-4,7H2,1-2H3,(H,17,18)(H2,15,16,20). The summed E-state index contributed by atoms with van der Waals surface area (Å²) >= 11 is 0. The third-order valence-electron chi connectivity index (χ3n) is 2.68. The molecule has 0 aromatic heterocycles. The summed E-state index contributed by atoms with van der Waals surface area (Å²) in [6.45, 7) is 2.06. The lowest BCUT2D eigenvalue weighted by molar-refractivity contribution is -0.137. The van der Waals surface area contributed by atoms with Gasteiger partial charge in [-0.2, -0.15) is 0 Å².